The molecule has 0 spiro atoms. The van der Waals surface area contributed by atoms with Gasteiger partial charge in [0.25, 0.3) is 0 Å². The van der Waals surface area contributed by atoms with Crippen LogP contribution in [0.2, 0.25) is 0 Å². The zero-order chi connectivity index (χ0) is 8.27. The van der Waals surface area contributed by atoms with Crippen LogP contribution in [0.1, 0.15) is 12.5 Å². The fraction of sp³-hybridized carbons (Fsp3) is 0.300. The van der Waals surface area contributed by atoms with Crippen LogP contribution in [0.25, 0.3) is 0 Å². The molecule has 0 saturated heterocycles. The van der Waals surface area contributed by atoms with Crippen LogP contribution in [0.4, 0.5) is 0 Å². The second kappa shape index (κ2) is 5.72. The van der Waals surface area contributed by atoms with Crippen molar-refractivity contribution < 1.29 is 37.8 Å². The Morgan fingerprint density at radius 3 is 2.50 bits per heavy atom. The van der Waals surface area contributed by atoms with Crippen LogP contribution in [0.5, 0.6) is 5.75 Å². The topological polar surface area (TPSA) is 20.2 Å². The Morgan fingerprint density at radius 2 is 2.00 bits per heavy atom. The predicted molar refractivity (Wildman–Crippen MR) is 46.3 cm³/mol. The zero-order valence-electron chi connectivity index (χ0n) is 7.33. The summed E-state index contributed by atoms with van der Waals surface area (Å²) in [5.41, 5.74) is 0.981. The van der Waals surface area contributed by atoms with Gasteiger partial charge in [-0.25, -0.2) is 0 Å². The van der Waals surface area contributed by atoms with Gasteiger partial charge in [0.2, 0.25) is 0 Å². The normalized spacial score (nSPS) is 11.8. The average Bonchev–Trinajstić information content (AvgIpc) is 1.93. The number of aromatic hydroxyl groups is 1. The molecule has 0 aliphatic heterocycles. The van der Waals surface area contributed by atoms with E-state index in [1.807, 2.05) is 25.1 Å². The molecule has 1 atom stereocenters. The molecule has 0 fully saturated rings. The maximum Gasteiger partial charge on any atom is 0.118 e. The molecule has 1 nitrogen and oxygen atoms in total. The summed E-state index contributed by atoms with van der Waals surface area (Å²) in [4.78, 5) is 0. The number of benzene rings is 1. The molecule has 0 heterocycles. The van der Waals surface area contributed by atoms with Crippen LogP contribution >= 0.6 is 0 Å². The molecule has 0 bridgehead atoms. The molecule has 12 heavy (non-hydrogen) atoms. The van der Waals surface area contributed by atoms with Crippen LogP contribution < -0.4 is 0 Å². The molecule has 1 unspecified atom stereocenters. The Balaban J connectivity index is 0.00000121. The van der Waals surface area contributed by atoms with Crippen LogP contribution in [0, 0.1) is 12.8 Å². The van der Waals surface area contributed by atoms with Gasteiger partial charge in [0, 0.05) is 32.7 Å². The molecular formula is C10H13OY-. The molecule has 1 aromatic rings. The Hall–Kier alpha value is 0.124. The van der Waals surface area contributed by atoms with Gasteiger partial charge in [-0.2, -0.15) is 5.92 Å². The van der Waals surface area contributed by atoms with E-state index in [0.29, 0.717) is 11.7 Å². The van der Waals surface area contributed by atoms with E-state index in [0.717, 1.165) is 12.0 Å². The number of para-hydroxylation sites is 1. The largest absolute Gasteiger partial charge is 0.508 e. The Kier molecular flexibility index (Phi) is 5.77. The third-order valence-corrected chi connectivity index (χ3v) is 1.56. The van der Waals surface area contributed by atoms with E-state index in [1.54, 1.807) is 6.07 Å². The molecule has 0 aromatic heterocycles. The van der Waals surface area contributed by atoms with Gasteiger partial charge in [0.05, 0.1) is 0 Å². The van der Waals surface area contributed by atoms with Crippen LogP contribution in [-0.4, -0.2) is 5.11 Å². The zero-order valence-corrected chi connectivity index (χ0v) is 10.2. The van der Waals surface area contributed by atoms with Gasteiger partial charge < -0.3 is 12.0 Å². The third-order valence-electron chi connectivity index (χ3n) is 1.56. The van der Waals surface area contributed by atoms with Crippen molar-refractivity contribution in [3.05, 3.63) is 36.8 Å². The molecule has 0 aliphatic carbocycles. The van der Waals surface area contributed by atoms with E-state index >= 15 is 0 Å². The molecule has 63 valence electrons. The maximum atomic E-state index is 9.33. The molecule has 0 aliphatic rings. The molecule has 0 amide bonds. The second-order valence-electron chi connectivity index (χ2n) is 2.94. The standard InChI is InChI=1S/C10H13O.Y/c1-8(2)7-9-5-3-4-6-10(9)11;/h3-6,8,11H,1,7H2,2H3;/q-1;. The molecule has 1 aromatic carbocycles. The summed E-state index contributed by atoms with van der Waals surface area (Å²) in [6.07, 6.45) is 0.840. The van der Waals surface area contributed by atoms with Gasteiger partial charge in [-0.3, -0.25) is 0 Å². The minimum absolute atomic E-state index is 0. The van der Waals surface area contributed by atoms with Crippen LogP contribution in [0.3, 0.4) is 0 Å². The first-order valence-electron chi connectivity index (χ1n) is 3.80. The van der Waals surface area contributed by atoms with Crippen molar-refractivity contribution in [3.8, 4) is 5.75 Å². The summed E-state index contributed by atoms with van der Waals surface area (Å²) in [7, 11) is 0. The fourth-order valence-electron chi connectivity index (χ4n) is 1.06. The van der Waals surface area contributed by atoms with Gasteiger partial charge in [-0.15, -0.1) is 0 Å². The van der Waals surface area contributed by atoms with Crippen molar-refractivity contribution in [1.29, 1.82) is 0 Å². The van der Waals surface area contributed by atoms with E-state index in [2.05, 4.69) is 6.92 Å². The molecule has 1 rings (SSSR count). The number of hydrogen-bond acceptors (Lipinski definition) is 1. The van der Waals surface area contributed by atoms with Crippen LogP contribution in [-0.2, 0) is 39.1 Å². The van der Waals surface area contributed by atoms with Crippen molar-refractivity contribution >= 4 is 0 Å². The van der Waals surface area contributed by atoms with Crippen molar-refractivity contribution in [2.75, 3.05) is 0 Å². The summed E-state index contributed by atoms with van der Waals surface area (Å²) in [5.74, 6) is 0.728. The van der Waals surface area contributed by atoms with Gasteiger partial charge >= 0.3 is 0 Å². The first-order valence-corrected chi connectivity index (χ1v) is 3.80. The number of phenols is 1. The van der Waals surface area contributed by atoms with Crippen molar-refractivity contribution in [2.45, 2.75) is 13.3 Å². The molecule has 1 radical (unpaired) electrons. The quantitative estimate of drug-likeness (QED) is 0.784. The monoisotopic (exact) mass is 238 g/mol. The Labute approximate surface area is 99.1 Å². The first kappa shape index (κ1) is 12.1. The van der Waals surface area contributed by atoms with Gasteiger partial charge in [0.1, 0.15) is 5.75 Å². The van der Waals surface area contributed by atoms with E-state index in [4.69, 9.17) is 0 Å². The van der Waals surface area contributed by atoms with E-state index < -0.39 is 0 Å². The molecule has 0 saturated carbocycles. The smallest absolute Gasteiger partial charge is 0.118 e. The van der Waals surface area contributed by atoms with Crippen molar-refractivity contribution in [2.24, 2.45) is 5.92 Å². The van der Waals surface area contributed by atoms with E-state index in [-0.39, 0.29) is 32.7 Å². The summed E-state index contributed by atoms with van der Waals surface area (Å²) in [6.45, 7) is 5.90. The van der Waals surface area contributed by atoms with E-state index in [9.17, 15) is 5.11 Å². The summed E-state index contributed by atoms with van der Waals surface area (Å²) >= 11 is 0. The fourth-order valence-corrected chi connectivity index (χ4v) is 1.06. The second-order valence-corrected chi connectivity index (χ2v) is 2.94. The minimum atomic E-state index is 0. The summed E-state index contributed by atoms with van der Waals surface area (Å²) in [6, 6.07) is 7.39. The first-order chi connectivity index (χ1) is 5.20. The SMILES string of the molecule is [CH2-]C(C)Cc1ccccc1O.[Y]. The van der Waals surface area contributed by atoms with Crippen LogP contribution in [0.15, 0.2) is 24.3 Å². The van der Waals surface area contributed by atoms with Gasteiger partial charge in [-0.1, -0.05) is 25.1 Å². The van der Waals surface area contributed by atoms with Gasteiger partial charge in [-0.05, 0) is 18.1 Å². The summed E-state index contributed by atoms with van der Waals surface area (Å²) in [5, 5.41) is 9.33. The average molecular weight is 238 g/mol. The minimum Gasteiger partial charge on any atom is -0.508 e. The number of rotatable bonds is 2. The predicted octanol–water partition coefficient (Wildman–Crippen LogP) is 2.40. The van der Waals surface area contributed by atoms with Crippen molar-refractivity contribution in [1.82, 2.24) is 0 Å². The molecular weight excluding hydrogens is 225 g/mol. The summed E-state index contributed by atoms with van der Waals surface area (Å²) < 4.78 is 0. The number of phenolic OH excluding ortho intramolecular Hbond substituents is 1. The molecule has 2 heteroatoms. The van der Waals surface area contributed by atoms with Crippen molar-refractivity contribution in [3.63, 3.8) is 0 Å². The van der Waals surface area contributed by atoms with Gasteiger partial charge in [0.15, 0.2) is 0 Å². The maximum absolute atomic E-state index is 9.33. The molecule has 1 N–H and O–H groups in total. The Morgan fingerprint density at radius 1 is 1.42 bits per heavy atom. The third kappa shape index (κ3) is 3.68. The number of hydrogen-bond donors (Lipinski definition) is 1. The van der Waals surface area contributed by atoms with E-state index in [1.165, 1.54) is 0 Å². The Bertz CT molecular complexity index is 233.